The summed E-state index contributed by atoms with van der Waals surface area (Å²) in [5.41, 5.74) is 9.18. The first-order chi connectivity index (χ1) is 17.0. The number of rotatable bonds is 9. The van der Waals surface area contributed by atoms with Crippen LogP contribution in [0.3, 0.4) is 0 Å². The topological polar surface area (TPSA) is 103 Å². The Morgan fingerprint density at radius 3 is 2.57 bits per heavy atom. The van der Waals surface area contributed by atoms with Crippen LogP contribution >= 0.6 is 0 Å². The van der Waals surface area contributed by atoms with Gasteiger partial charge in [0.25, 0.3) is 0 Å². The van der Waals surface area contributed by atoms with Gasteiger partial charge < -0.3 is 14.2 Å². The summed E-state index contributed by atoms with van der Waals surface area (Å²) in [5, 5.41) is 6.64. The van der Waals surface area contributed by atoms with Crippen molar-refractivity contribution in [3.8, 4) is 5.75 Å². The highest BCUT2D eigenvalue weighted by Crippen LogP contribution is 2.32. The fourth-order valence-electron chi connectivity index (χ4n) is 4.34. The number of hydrogen-bond acceptors (Lipinski definition) is 8. The van der Waals surface area contributed by atoms with Gasteiger partial charge in [-0.25, -0.2) is 0 Å². The van der Waals surface area contributed by atoms with E-state index >= 15 is 0 Å². The van der Waals surface area contributed by atoms with Gasteiger partial charge in [0.05, 0.1) is 19.2 Å². The molecule has 4 rings (SSSR count). The van der Waals surface area contributed by atoms with Gasteiger partial charge >= 0.3 is 5.97 Å². The minimum absolute atomic E-state index is 0.0895. The predicted octanol–water partition coefficient (Wildman–Crippen LogP) is 3.15. The second kappa shape index (κ2) is 12.0. The predicted molar refractivity (Wildman–Crippen MR) is 133 cm³/mol. The molecule has 2 unspecified atom stereocenters. The molecule has 0 aliphatic carbocycles. The normalized spacial score (nSPS) is 19.8. The van der Waals surface area contributed by atoms with Gasteiger partial charge in [-0.05, 0) is 42.9 Å². The molecular formula is C27H33N3O5. The van der Waals surface area contributed by atoms with Crippen molar-refractivity contribution < 1.29 is 23.8 Å². The molecule has 2 heterocycles. The highest BCUT2D eigenvalue weighted by molar-refractivity contribution is 6.09. The summed E-state index contributed by atoms with van der Waals surface area (Å²) in [4.78, 5) is 25.1. The Morgan fingerprint density at radius 1 is 1.09 bits per heavy atom. The number of methoxy groups -OCH3 is 1. The first-order valence-electron chi connectivity index (χ1n) is 12.2. The van der Waals surface area contributed by atoms with Crippen molar-refractivity contribution in [3.05, 3.63) is 64.7 Å². The molecule has 2 aromatic rings. The van der Waals surface area contributed by atoms with Crippen molar-refractivity contribution in [1.29, 1.82) is 0 Å². The smallest absolute Gasteiger partial charge is 0.306 e. The lowest BCUT2D eigenvalue weighted by molar-refractivity contribution is -0.147. The highest BCUT2D eigenvalue weighted by atomic mass is 16.6. The van der Waals surface area contributed by atoms with Crippen LogP contribution in [0.5, 0.6) is 5.75 Å². The number of benzene rings is 2. The average molecular weight is 480 g/mol. The fourth-order valence-corrected chi connectivity index (χ4v) is 4.34. The molecule has 0 aromatic heterocycles. The molecule has 35 heavy (non-hydrogen) atoms. The largest absolute Gasteiger partial charge is 0.475 e. The van der Waals surface area contributed by atoms with Crippen molar-refractivity contribution in [2.24, 2.45) is 16.8 Å². The number of hydrazone groups is 1. The number of carbonyl (C=O) groups is 2. The highest BCUT2D eigenvalue weighted by Gasteiger charge is 2.30. The Morgan fingerprint density at radius 2 is 1.83 bits per heavy atom. The molecule has 2 N–H and O–H groups in total. The molecule has 0 amide bonds. The summed E-state index contributed by atoms with van der Waals surface area (Å²) in [6, 6.07) is 12.8. The zero-order chi connectivity index (χ0) is 24.6. The number of esters is 1. The summed E-state index contributed by atoms with van der Waals surface area (Å²) >= 11 is 0. The average Bonchev–Trinajstić information content (AvgIpc) is 2.88. The Hall–Kier alpha value is -3.23. The summed E-state index contributed by atoms with van der Waals surface area (Å²) in [7, 11) is 1.55. The Kier molecular flexibility index (Phi) is 8.50. The van der Waals surface area contributed by atoms with Crippen LogP contribution in [-0.2, 0) is 20.7 Å². The third kappa shape index (κ3) is 6.68. The zero-order valence-electron chi connectivity index (χ0n) is 20.2. The third-order valence-corrected chi connectivity index (χ3v) is 6.39. The van der Waals surface area contributed by atoms with Crippen LogP contribution in [0, 0.1) is 5.92 Å². The summed E-state index contributed by atoms with van der Waals surface area (Å²) < 4.78 is 15.9. The van der Waals surface area contributed by atoms with Crippen molar-refractivity contribution in [3.63, 3.8) is 0 Å². The van der Waals surface area contributed by atoms with Crippen LogP contribution in [-0.4, -0.2) is 62.6 Å². The fraction of sp³-hybridized carbons (Fsp3) is 0.444. The quantitative estimate of drug-likeness (QED) is 0.255. The number of nitrogens with two attached hydrogens (primary N) is 1. The van der Waals surface area contributed by atoms with E-state index < -0.39 is 6.23 Å². The minimum atomic E-state index is -0.652. The third-order valence-electron chi connectivity index (χ3n) is 6.39. The molecule has 0 radical (unpaired) electrons. The van der Waals surface area contributed by atoms with Gasteiger partial charge in [0.2, 0.25) is 0 Å². The molecule has 2 atom stereocenters. The maximum Gasteiger partial charge on any atom is 0.306 e. The molecule has 2 aliphatic heterocycles. The van der Waals surface area contributed by atoms with E-state index in [-0.39, 0.29) is 30.7 Å². The van der Waals surface area contributed by atoms with Crippen molar-refractivity contribution in [1.82, 2.24) is 5.01 Å². The van der Waals surface area contributed by atoms with Gasteiger partial charge in [-0.1, -0.05) is 36.4 Å². The van der Waals surface area contributed by atoms with E-state index in [9.17, 15) is 9.59 Å². The van der Waals surface area contributed by atoms with E-state index in [1.165, 1.54) is 19.3 Å². The van der Waals surface area contributed by atoms with E-state index in [4.69, 9.17) is 19.9 Å². The van der Waals surface area contributed by atoms with Gasteiger partial charge in [-0.15, -0.1) is 0 Å². The molecular weight excluding hydrogens is 446 g/mol. The van der Waals surface area contributed by atoms with Crippen LogP contribution in [0.4, 0.5) is 0 Å². The standard InChI is InChI=1S/C27H33N3O5/c1-33-13-14-34-25(31)17-23-15-21-9-10-22(16-24(21)35-27(23)28)26(32)20-7-5-19(6-8-20)18-29-30-11-3-2-4-12-30/h5-10,16,18,23,27H,2-4,11-15,17,28H2,1H3. The minimum Gasteiger partial charge on any atom is -0.475 e. The zero-order valence-corrected chi connectivity index (χ0v) is 20.2. The monoisotopic (exact) mass is 479 g/mol. The molecule has 2 aromatic carbocycles. The van der Waals surface area contributed by atoms with Gasteiger partial charge in [0, 0.05) is 37.2 Å². The van der Waals surface area contributed by atoms with Gasteiger partial charge in [0.1, 0.15) is 12.4 Å². The Bertz CT molecular complexity index is 1050. The van der Waals surface area contributed by atoms with Crippen LogP contribution in [0.15, 0.2) is 47.6 Å². The van der Waals surface area contributed by atoms with Gasteiger partial charge in [-0.2, -0.15) is 5.10 Å². The Balaban J connectivity index is 1.37. The maximum absolute atomic E-state index is 13.1. The number of carbonyl (C=O) groups excluding carboxylic acids is 2. The molecule has 0 spiro atoms. The molecule has 8 heteroatoms. The molecule has 8 nitrogen and oxygen atoms in total. The lowest BCUT2D eigenvalue weighted by Gasteiger charge is -2.30. The van der Waals surface area contributed by atoms with E-state index in [1.807, 2.05) is 36.5 Å². The first kappa shape index (κ1) is 24.9. The summed E-state index contributed by atoms with van der Waals surface area (Å²) in [5.74, 6) is -0.0324. The van der Waals surface area contributed by atoms with E-state index in [1.54, 1.807) is 19.2 Å². The van der Waals surface area contributed by atoms with Crippen molar-refractivity contribution >= 4 is 18.0 Å². The van der Waals surface area contributed by atoms with Crippen molar-refractivity contribution in [2.75, 3.05) is 33.4 Å². The molecule has 1 fully saturated rings. The number of ether oxygens (including phenoxy) is 3. The number of nitrogens with zero attached hydrogens (tertiary/aromatic N) is 2. The number of hydrogen-bond donors (Lipinski definition) is 1. The SMILES string of the molecule is COCCOC(=O)CC1Cc2ccc(C(=O)c3ccc(C=NN4CCCCC4)cc3)cc2OC1N. The van der Waals surface area contributed by atoms with Crippen LogP contribution in [0.2, 0.25) is 0 Å². The first-order valence-corrected chi connectivity index (χ1v) is 12.2. The Labute approximate surface area is 206 Å². The number of ketones is 1. The lowest BCUT2D eigenvalue weighted by atomic mass is 9.90. The molecule has 186 valence electrons. The van der Waals surface area contributed by atoms with Gasteiger partial charge in [0.15, 0.2) is 12.0 Å². The molecule has 0 saturated carbocycles. The van der Waals surface area contributed by atoms with E-state index in [0.717, 1.165) is 24.2 Å². The lowest BCUT2D eigenvalue weighted by Crippen LogP contribution is -2.41. The molecule has 1 saturated heterocycles. The summed E-state index contributed by atoms with van der Waals surface area (Å²) in [6.07, 6.45) is 5.57. The van der Waals surface area contributed by atoms with Crippen LogP contribution in [0.1, 0.15) is 52.7 Å². The van der Waals surface area contributed by atoms with Crippen molar-refractivity contribution in [2.45, 2.75) is 38.3 Å². The van der Waals surface area contributed by atoms with Gasteiger partial charge in [-0.3, -0.25) is 20.3 Å². The van der Waals surface area contributed by atoms with E-state index in [0.29, 0.717) is 29.9 Å². The molecule has 2 aliphatic rings. The van der Waals surface area contributed by atoms with E-state index in [2.05, 4.69) is 10.1 Å². The summed E-state index contributed by atoms with van der Waals surface area (Å²) in [6.45, 7) is 2.56. The van der Waals surface area contributed by atoms with Crippen LogP contribution < -0.4 is 10.5 Å². The van der Waals surface area contributed by atoms with Crippen LogP contribution in [0.25, 0.3) is 0 Å². The number of fused-ring (bicyclic) bond motifs is 1. The number of piperidine rings is 1. The molecule has 0 bridgehead atoms. The maximum atomic E-state index is 13.1. The second-order valence-corrected chi connectivity index (χ2v) is 9.00. The second-order valence-electron chi connectivity index (χ2n) is 9.00.